The standard InChI is InChI=1S/C13H20N2O2/c1-3-8-15(2)12(11-14)4-6-13(7-5-12)16-9-10-17-13/h3H,1,4-10H2,2H3. The van der Waals surface area contributed by atoms with Crippen molar-refractivity contribution >= 4 is 0 Å². The molecule has 17 heavy (non-hydrogen) atoms. The van der Waals surface area contributed by atoms with Crippen LogP contribution in [0.2, 0.25) is 0 Å². The van der Waals surface area contributed by atoms with E-state index in [-0.39, 0.29) is 5.54 Å². The van der Waals surface area contributed by atoms with Gasteiger partial charge in [0.05, 0.1) is 19.3 Å². The van der Waals surface area contributed by atoms with Gasteiger partial charge in [-0.05, 0) is 19.9 Å². The summed E-state index contributed by atoms with van der Waals surface area (Å²) < 4.78 is 11.4. The van der Waals surface area contributed by atoms with E-state index < -0.39 is 5.79 Å². The van der Waals surface area contributed by atoms with Crippen LogP contribution in [0.4, 0.5) is 0 Å². The number of hydrogen-bond donors (Lipinski definition) is 0. The smallest absolute Gasteiger partial charge is 0.168 e. The van der Waals surface area contributed by atoms with E-state index in [9.17, 15) is 5.26 Å². The van der Waals surface area contributed by atoms with Crippen LogP contribution in [0.15, 0.2) is 12.7 Å². The number of likely N-dealkylation sites (N-methyl/N-ethyl adjacent to an activating group) is 1. The van der Waals surface area contributed by atoms with Crippen molar-refractivity contribution in [3.05, 3.63) is 12.7 Å². The van der Waals surface area contributed by atoms with E-state index in [0.29, 0.717) is 13.2 Å². The van der Waals surface area contributed by atoms with Crippen molar-refractivity contribution in [2.45, 2.75) is 37.0 Å². The normalized spacial score (nSPS) is 25.9. The lowest BCUT2D eigenvalue weighted by Crippen LogP contribution is -2.52. The van der Waals surface area contributed by atoms with E-state index in [4.69, 9.17) is 9.47 Å². The van der Waals surface area contributed by atoms with E-state index in [1.807, 2.05) is 13.1 Å². The van der Waals surface area contributed by atoms with E-state index in [0.717, 1.165) is 32.2 Å². The Morgan fingerprint density at radius 2 is 1.88 bits per heavy atom. The van der Waals surface area contributed by atoms with Crippen molar-refractivity contribution in [1.82, 2.24) is 4.90 Å². The van der Waals surface area contributed by atoms with Gasteiger partial charge in [-0.2, -0.15) is 5.26 Å². The first kappa shape index (κ1) is 12.6. The highest BCUT2D eigenvalue weighted by atomic mass is 16.7. The molecule has 0 unspecified atom stereocenters. The molecule has 0 amide bonds. The van der Waals surface area contributed by atoms with Crippen LogP contribution in [0.25, 0.3) is 0 Å². The molecule has 4 heteroatoms. The summed E-state index contributed by atoms with van der Waals surface area (Å²) >= 11 is 0. The third-order valence-corrected chi connectivity index (χ3v) is 3.99. The second kappa shape index (κ2) is 4.77. The molecule has 0 radical (unpaired) electrons. The van der Waals surface area contributed by atoms with Crippen molar-refractivity contribution < 1.29 is 9.47 Å². The fourth-order valence-electron chi connectivity index (χ4n) is 2.78. The number of rotatable bonds is 3. The van der Waals surface area contributed by atoms with Gasteiger partial charge in [-0.25, -0.2) is 0 Å². The molecule has 2 rings (SSSR count). The zero-order valence-corrected chi connectivity index (χ0v) is 10.4. The SMILES string of the molecule is C=CCN(C)C1(C#N)CCC2(CC1)OCCO2. The second-order valence-corrected chi connectivity index (χ2v) is 4.92. The second-order valence-electron chi connectivity index (χ2n) is 4.92. The van der Waals surface area contributed by atoms with E-state index in [2.05, 4.69) is 17.5 Å². The van der Waals surface area contributed by atoms with Crippen molar-refractivity contribution in [1.29, 1.82) is 5.26 Å². The molecule has 0 N–H and O–H groups in total. The summed E-state index contributed by atoms with van der Waals surface area (Å²) in [5.74, 6) is -0.393. The Bertz CT molecular complexity index is 319. The van der Waals surface area contributed by atoms with Gasteiger partial charge in [0.15, 0.2) is 5.79 Å². The molecule has 0 atom stereocenters. The Morgan fingerprint density at radius 3 is 2.35 bits per heavy atom. The van der Waals surface area contributed by atoms with Crippen LogP contribution in [0, 0.1) is 11.3 Å². The van der Waals surface area contributed by atoms with Gasteiger partial charge in [-0.1, -0.05) is 6.08 Å². The predicted octanol–water partition coefficient (Wildman–Crippen LogP) is 1.68. The highest BCUT2D eigenvalue weighted by Gasteiger charge is 2.48. The molecule has 0 bridgehead atoms. The number of nitrogens with zero attached hydrogens (tertiary/aromatic N) is 2. The Labute approximate surface area is 103 Å². The fourth-order valence-corrected chi connectivity index (χ4v) is 2.78. The van der Waals surface area contributed by atoms with Gasteiger partial charge in [0.1, 0.15) is 5.54 Å². The maximum Gasteiger partial charge on any atom is 0.168 e. The van der Waals surface area contributed by atoms with E-state index >= 15 is 0 Å². The summed E-state index contributed by atoms with van der Waals surface area (Å²) in [6.07, 6.45) is 5.05. The van der Waals surface area contributed by atoms with Crippen molar-refractivity contribution in [3.8, 4) is 6.07 Å². The summed E-state index contributed by atoms with van der Waals surface area (Å²) in [4.78, 5) is 2.09. The summed E-state index contributed by atoms with van der Waals surface area (Å²) in [5.41, 5.74) is -0.380. The van der Waals surface area contributed by atoms with Crippen LogP contribution < -0.4 is 0 Å². The average Bonchev–Trinajstić information content (AvgIpc) is 2.80. The molecule has 94 valence electrons. The Kier molecular flexibility index (Phi) is 3.53. The molecular formula is C13H20N2O2. The average molecular weight is 236 g/mol. The fraction of sp³-hybridized carbons (Fsp3) is 0.769. The molecule has 1 heterocycles. The van der Waals surface area contributed by atoms with Gasteiger partial charge in [0, 0.05) is 19.4 Å². The zero-order valence-electron chi connectivity index (χ0n) is 10.4. The molecule has 0 aromatic carbocycles. The van der Waals surface area contributed by atoms with Crippen LogP contribution in [-0.2, 0) is 9.47 Å². The third-order valence-electron chi connectivity index (χ3n) is 3.99. The molecule has 0 aromatic rings. The van der Waals surface area contributed by atoms with E-state index in [1.54, 1.807) is 0 Å². The summed E-state index contributed by atoms with van der Waals surface area (Å²) in [6.45, 7) is 5.83. The maximum atomic E-state index is 9.46. The van der Waals surface area contributed by atoms with Crippen molar-refractivity contribution in [3.63, 3.8) is 0 Å². The molecule has 2 aliphatic rings. The first-order chi connectivity index (χ1) is 8.16. The molecule has 1 saturated carbocycles. The summed E-state index contributed by atoms with van der Waals surface area (Å²) in [5, 5.41) is 9.46. The molecule has 1 aliphatic carbocycles. The molecule has 1 aliphatic heterocycles. The molecule has 2 fully saturated rings. The van der Waals surface area contributed by atoms with Crippen LogP contribution in [0.3, 0.4) is 0 Å². The first-order valence-electron chi connectivity index (χ1n) is 6.18. The minimum absolute atomic E-state index is 0.380. The van der Waals surface area contributed by atoms with Crippen LogP contribution >= 0.6 is 0 Å². The van der Waals surface area contributed by atoms with Gasteiger partial charge in [-0.3, -0.25) is 4.90 Å². The summed E-state index contributed by atoms with van der Waals surface area (Å²) in [6, 6.07) is 2.48. The third kappa shape index (κ3) is 2.23. The lowest BCUT2D eigenvalue weighted by atomic mass is 9.78. The first-order valence-corrected chi connectivity index (χ1v) is 6.18. The Morgan fingerprint density at radius 1 is 1.29 bits per heavy atom. The Hall–Kier alpha value is -0.890. The molecule has 1 spiro atoms. The number of ether oxygens (including phenoxy) is 2. The van der Waals surface area contributed by atoms with E-state index in [1.165, 1.54) is 0 Å². The topological polar surface area (TPSA) is 45.5 Å². The molecule has 0 aromatic heterocycles. The minimum Gasteiger partial charge on any atom is -0.348 e. The Balaban J connectivity index is 2.04. The lowest BCUT2D eigenvalue weighted by molar-refractivity contribution is -0.188. The van der Waals surface area contributed by atoms with Crippen molar-refractivity contribution in [2.24, 2.45) is 0 Å². The van der Waals surface area contributed by atoms with Gasteiger partial charge in [-0.15, -0.1) is 6.58 Å². The lowest BCUT2D eigenvalue weighted by Gasteiger charge is -2.44. The minimum atomic E-state index is -0.393. The predicted molar refractivity (Wildman–Crippen MR) is 64.3 cm³/mol. The highest BCUT2D eigenvalue weighted by Crippen LogP contribution is 2.42. The summed E-state index contributed by atoms with van der Waals surface area (Å²) in [7, 11) is 1.99. The molecule has 1 saturated heterocycles. The maximum absolute atomic E-state index is 9.46. The highest BCUT2D eigenvalue weighted by molar-refractivity contribution is 5.12. The van der Waals surface area contributed by atoms with Gasteiger partial charge >= 0.3 is 0 Å². The van der Waals surface area contributed by atoms with Crippen LogP contribution in [-0.4, -0.2) is 43.0 Å². The zero-order chi connectivity index (χ0) is 12.4. The van der Waals surface area contributed by atoms with Gasteiger partial charge in [0.2, 0.25) is 0 Å². The molecular weight excluding hydrogens is 216 g/mol. The quantitative estimate of drug-likeness (QED) is 0.699. The van der Waals surface area contributed by atoms with Gasteiger partial charge in [0.25, 0.3) is 0 Å². The monoisotopic (exact) mass is 236 g/mol. The van der Waals surface area contributed by atoms with Crippen LogP contribution in [0.1, 0.15) is 25.7 Å². The molecule has 4 nitrogen and oxygen atoms in total. The van der Waals surface area contributed by atoms with Crippen LogP contribution in [0.5, 0.6) is 0 Å². The number of nitriles is 1. The largest absolute Gasteiger partial charge is 0.348 e. The number of hydrogen-bond acceptors (Lipinski definition) is 4. The van der Waals surface area contributed by atoms with Gasteiger partial charge < -0.3 is 9.47 Å². The van der Waals surface area contributed by atoms with Crippen molar-refractivity contribution in [2.75, 3.05) is 26.8 Å².